The molecule has 2 aromatic carbocycles. The number of fused-ring (bicyclic) bond motifs is 1. The van der Waals surface area contributed by atoms with Crippen LogP contribution < -0.4 is 0 Å². The maximum atomic E-state index is 12.5. The molecule has 0 saturated heterocycles. The second-order valence-electron chi connectivity index (χ2n) is 5.78. The molecular weight excluding hydrogens is 338 g/mol. The highest BCUT2D eigenvalue weighted by molar-refractivity contribution is 7.91. The van der Waals surface area contributed by atoms with Crippen molar-refractivity contribution in [2.45, 2.75) is 5.75 Å². The molecule has 1 amide bonds. The summed E-state index contributed by atoms with van der Waals surface area (Å²) in [5.41, 5.74) is 2.27. The minimum atomic E-state index is -1.21. The number of carbonyl (C=O) groups is 1. The normalized spacial score (nSPS) is 12.3. The molecule has 0 aliphatic heterocycles. The minimum absolute atomic E-state index is 0.0650. The fourth-order valence-corrected chi connectivity index (χ4v) is 5.31. The van der Waals surface area contributed by atoms with E-state index >= 15 is 0 Å². The number of hydrogen-bond acceptors (Lipinski definition) is 3. The summed E-state index contributed by atoms with van der Waals surface area (Å²) in [6.07, 6.45) is 0. The molecule has 0 bridgehead atoms. The van der Waals surface area contributed by atoms with Gasteiger partial charge in [0.25, 0.3) is 5.91 Å². The Hall–Kier alpha value is -1.82. The van der Waals surface area contributed by atoms with Gasteiger partial charge in [0.2, 0.25) is 0 Å². The van der Waals surface area contributed by atoms with Crippen molar-refractivity contribution in [2.75, 3.05) is 19.8 Å². The zero-order valence-corrected chi connectivity index (χ0v) is 15.3. The summed E-state index contributed by atoms with van der Waals surface area (Å²) in [7, 11) is 3.38. The molecule has 0 aliphatic rings. The molecule has 3 rings (SSSR count). The molecule has 3 nitrogen and oxygen atoms in total. The first-order valence-corrected chi connectivity index (χ1v) is 9.97. The monoisotopic (exact) mass is 357 g/mol. The van der Waals surface area contributed by atoms with E-state index in [1.807, 2.05) is 30.3 Å². The van der Waals surface area contributed by atoms with Crippen LogP contribution in [-0.4, -0.2) is 35.2 Å². The lowest BCUT2D eigenvalue weighted by Crippen LogP contribution is -2.29. The van der Waals surface area contributed by atoms with E-state index in [-0.39, 0.29) is 11.7 Å². The fourth-order valence-electron chi connectivity index (χ4n) is 2.58. The Morgan fingerprint density at radius 1 is 1.08 bits per heavy atom. The molecule has 0 aliphatic carbocycles. The van der Waals surface area contributed by atoms with Crippen molar-refractivity contribution in [3.05, 3.63) is 59.5 Å². The van der Waals surface area contributed by atoms with Gasteiger partial charge in [0.05, 0.1) is 4.88 Å². The fraction of sp³-hybridized carbons (Fsp3) is 0.211. The number of nitrogens with zero attached hydrogens (tertiary/aromatic N) is 1. The average molecular weight is 358 g/mol. The highest BCUT2D eigenvalue weighted by atomic mass is 32.2. The van der Waals surface area contributed by atoms with Crippen LogP contribution in [0.1, 0.15) is 4.88 Å². The maximum Gasteiger partial charge on any atom is 0.271 e. The Morgan fingerprint density at radius 3 is 2.46 bits per heavy atom. The lowest BCUT2D eigenvalue weighted by Gasteiger charge is -2.14. The first-order chi connectivity index (χ1) is 11.6. The van der Waals surface area contributed by atoms with E-state index in [0.717, 1.165) is 16.0 Å². The van der Waals surface area contributed by atoms with Crippen LogP contribution in [0.25, 0.3) is 21.2 Å². The average Bonchev–Trinajstić information content (AvgIpc) is 2.93. The van der Waals surface area contributed by atoms with Crippen molar-refractivity contribution in [1.82, 2.24) is 4.90 Å². The predicted octanol–water partition coefficient (Wildman–Crippen LogP) is 3.91. The molecule has 5 heteroatoms. The van der Waals surface area contributed by atoms with Crippen LogP contribution in [0.5, 0.6) is 0 Å². The molecule has 0 saturated carbocycles. The Labute approximate surface area is 149 Å². The first kappa shape index (κ1) is 17.0. The van der Waals surface area contributed by atoms with Gasteiger partial charge in [0, 0.05) is 29.7 Å². The second kappa shape index (κ2) is 7.38. The van der Waals surface area contributed by atoms with Crippen LogP contribution in [0.4, 0.5) is 0 Å². The van der Waals surface area contributed by atoms with Gasteiger partial charge in [-0.1, -0.05) is 48.5 Å². The highest BCUT2D eigenvalue weighted by Gasteiger charge is 2.21. The Kier molecular flexibility index (Phi) is 5.23. The summed E-state index contributed by atoms with van der Waals surface area (Å²) in [5, 5.41) is 1.18. The number of rotatable bonds is 5. The molecular formula is C19H19NO2S2. The van der Waals surface area contributed by atoms with Gasteiger partial charge in [-0.15, -0.1) is 11.3 Å². The van der Waals surface area contributed by atoms with E-state index in [4.69, 9.17) is 0 Å². The molecule has 1 heterocycles. The van der Waals surface area contributed by atoms with Gasteiger partial charge in [-0.05, 0) is 22.8 Å². The highest BCUT2D eigenvalue weighted by Crippen LogP contribution is 2.39. The SMILES string of the molecule is CN(C)C(=O)C[S+]([O-])Cc1sc2ccccc2c1-c1ccccc1. The molecule has 0 N–H and O–H groups in total. The molecule has 124 valence electrons. The third kappa shape index (κ3) is 3.64. The zero-order valence-electron chi connectivity index (χ0n) is 13.7. The summed E-state index contributed by atoms with van der Waals surface area (Å²) < 4.78 is 13.6. The number of hydrogen-bond donors (Lipinski definition) is 0. The smallest absolute Gasteiger partial charge is 0.271 e. The van der Waals surface area contributed by atoms with Gasteiger partial charge in [0.1, 0.15) is 5.75 Å². The summed E-state index contributed by atoms with van der Waals surface area (Å²) in [6, 6.07) is 18.4. The number of amides is 1. The summed E-state index contributed by atoms with van der Waals surface area (Å²) in [5.74, 6) is 0.370. The van der Waals surface area contributed by atoms with Gasteiger partial charge in [-0.25, -0.2) is 0 Å². The van der Waals surface area contributed by atoms with Crippen LogP contribution in [0, 0.1) is 0 Å². The molecule has 1 unspecified atom stereocenters. The third-order valence-corrected chi connectivity index (χ3v) is 6.34. The maximum absolute atomic E-state index is 12.5. The zero-order chi connectivity index (χ0) is 17.1. The van der Waals surface area contributed by atoms with E-state index < -0.39 is 11.2 Å². The predicted molar refractivity (Wildman–Crippen MR) is 103 cm³/mol. The lowest BCUT2D eigenvalue weighted by molar-refractivity contribution is -0.125. The van der Waals surface area contributed by atoms with Crippen molar-refractivity contribution < 1.29 is 9.35 Å². The molecule has 1 aromatic heterocycles. The Morgan fingerprint density at radius 2 is 1.75 bits per heavy atom. The van der Waals surface area contributed by atoms with Crippen LogP contribution in [0.3, 0.4) is 0 Å². The van der Waals surface area contributed by atoms with E-state index in [1.165, 1.54) is 15.0 Å². The van der Waals surface area contributed by atoms with Crippen molar-refractivity contribution in [3.8, 4) is 11.1 Å². The minimum Gasteiger partial charge on any atom is -0.616 e. The van der Waals surface area contributed by atoms with Crippen molar-refractivity contribution in [1.29, 1.82) is 0 Å². The molecule has 1 atom stereocenters. The summed E-state index contributed by atoms with van der Waals surface area (Å²) >= 11 is 0.451. The van der Waals surface area contributed by atoms with E-state index in [0.29, 0.717) is 5.75 Å². The molecule has 0 fully saturated rings. The van der Waals surface area contributed by atoms with Gasteiger partial charge in [-0.3, -0.25) is 4.79 Å². The Balaban J connectivity index is 1.97. The summed E-state index contributed by atoms with van der Waals surface area (Å²) in [4.78, 5) is 14.4. The van der Waals surface area contributed by atoms with Gasteiger partial charge >= 0.3 is 0 Å². The number of thiophene rings is 1. The van der Waals surface area contributed by atoms with Gasteiger partial charge in [-0.2, -0.15) is 0 Å². The number of benzene rings is 2. The topological polar surface area (TPSA) is 43.4 Å². The quantitative estimate of drug-likeness (QED) is 0.650. The molecule has 3 aromatic rings. The van der Waals surface area contributed by atoms with Crippen LogP contribution in [0.15, 0.2) is 54.6 Å². The van der Waals surface area contributed by atoms with Crippen molar-refractivity contribution >= 4 is 38.5 Å². The van der Waals surface area contributed by atoms with Crippen molar-refractivity contribution in [3.63, 3.8) is 0 Å². The number of carbonyl (C=O) groups excluding carboxylic acids is 1. The van der Waals surface area contributed by atoms with Crippen LogP contribution in [-0.2, 0) is 21.7 Å². The third-order valence-electron chi connectivity index (χ3n) is 3.81. The molecule has 0 spiro atoms. The van der Waals surface area contributed by atoms with E-state index in [1.54, 1.807) is 25.4 Å². The van der Waals surface area contributed by atoms with E-state index in [2.05, 4.69) is 24.3 Å². The van der Waals surface area contributed by atoms with Gasteiger partial charge in [0.15, 0.2) is 5.75 Å². The lowest BCUT2D eigenvalue weighted by atomic mass is 10.0. The summed E-state index contributed by atoms with van der Waals surface area (Å²) in [6.45, 7) is 0. The first-order valence-electron chi connectivity index (χ1n) is 7.67. The second-order valence-corrected chi connectivity index (χ2v) is 8.37. The largest absolute Gasteiger partial charge is 0.616 e. The molecule has 24 heavy (non-hydrogen) atoms. The van der Waals surface area contributed by atoms with Crippen LogP contribution >= 0.6 is 11.3 Å². The van der Waals surface area contributed by atoms with E-state index in [9.17, 15) is 9.35 Å². The van der Waals surface area contributed by atoms with Crippen LogP contribution in [0.2, 0.25) is 0 Å². The van der Waals surface area contributed by atoms with Crippen molar-refractivity contribution in [2.24, 2.45) is 0 Å². The Bertz CT molecular complexity index is 843. The standard InChI is InChI=1S/C19H19NO2S2/c1-20(2)18(21)13-24(22)12-17-19(14-8-4-3-5-9-14)15-10-6-7-11-16(15)23-17/h3-11H,12-13H2,1-2H3. The van der Waals surface area contributed by atoms with Gasteiger partial charge < -0.3 is 9.45 Å². The molecule has 0 radical (unpaired) electrons.